The Morgan fingerprint density at radius 3 is 2.67 bits per heavy atom. The smallest absolute Gasteiger partial charge is 0.291 e. The zero-order valence-electron chi connectivity index (χ0n) is 12.7. The Kier molecular flexibility index (Phi) is 4.97. The second kappa shape index (κ2) is 6.84. The molecule has 3 rings (SSSR count). The number of hydrogen-bond acceptors (Lipinski definition) is 3. The first-order valence-corrected chi connectivity index (χ1v) is 8.70. The summed E-state index contributed by atoms with van der Waals surface area (Å²) in [6.45, 7) is 0.783. The van der Waals surface area contributed by atoms with Crippen molar-refractivity contribution in [3.8, 4) is 0 Å². The van der Waals surface area contributed by atoms with Gasteiger partial charge < -0.3 is 0 Å². The summed E-state index contributed by atoms with van der Waals surface area (Å²) in [7, 11) is 1.85. The van der Waals surface area contributed by atoms with Gasteiger partial charge in [0.05, 0.1) is 28.0 Å². The maximum absolute atomic E-state index is 12.3. The Bertz CT molecular complexity index is 841. The van der Waals surface area contributed by atoms with Crippen molar-refractivity contribution in [2.45, 2.75) is 6.54 Å². The summed E-state index contributed by atoms with van der Waals surface area (Å²) in [5, 5.41) is 0.990. The fourth-order valence-corrected chi connectivity index (χ4v) is 3.41. The van der Waals surface area contributed by atoms with Gasteiger partial charge in [-0.3, -0.25) is 19.4 Å². The molecule has 1 aliphatic heterocycles. The second-order valence-corrected chi connectivity index (χ2v) is 7.29. The number of amides is 1. The molecule has 24 heavy (non-hydrogen) atoms. The predicted molar refractivity (Wildman–Crippen MR) is 98.8 cm³/mol. The van der Waals surface area contributed by atoms with Gasteiger partial charge in [-0.15, -0.1) is 0 Å². The minimum absolute atomic E-state index is 0.280. The molecule has 0 radical (unpaired) electrons. The monoisotopic (exact) mass is 426 g/mol. The number of hydrogen-bond donors (Lipinski definition) is 0. The van der Waals surface area contributed by atoms with Crippen molar-refractivity contribution in [3.05, 3.63) is 62.0 Å². The molecule has 0 spiro atoms. The van der Waals surface area contributed by atoms with E-state index in [2.05, 4.69) is 15.9 Å². The summed E-state index contributed by atoms with van der Waals surface area (Å²) in [4.78, 5) is 27.8. The highest BCUT2D eigenvalue weighted by molar-refractivity contribution is 9.10. The average Bonchev–Trinajstić information content (AvgIpc) is 2.77. The van der Waals surface area contributed by atoms with Crippen molar-refractivity contribution in [2.75, 3.05) is 18.6 Å². The Hall–Kier alpha value is -1.40. The van der Waals surface area contributed by atoms with E-state index in [-0.39, 0.29) is 6.67 Å². The van der Waals surface area contributed by atoms with Gasteiger partial charge in [0.25, 0.3) is 5.78 Å². The van der Waals surface area contributed by atoms with E-state index in [1.165, 1.54) is 4.90 Å². The number of benzene rings is 2. The first kappa shape index (κ1) is 17.4. The van der Waals surface area contributed by atoms with Crippen LogP contribution in [-0.4, -0.2) is 30.3 Å². The van der Waals surface area contributed by atoms with E-state index in [0.717, 1.165) is 10.0 Å². The van der Waals surface area contributed by atoms with Crippen molar-refractivity contribution in [3.63, 3.8) is 0 Å². The molecule has 0 saturated carbocycles. The molecule has 1 heterocycles. The molecule has 0 aromatic heterocycles. The first-order valence-electron chi connectivity index (χ1n) is 7.15. The lowest BCUT2D eigenvalue weighted by molar-refractivity contribution is -0.114. The zero-order chi connectivity index (χ0) is 17.4. The Balaban J connectivity index is 1.80. The molecule has 0 atom stereocenters. The van der Waals surface area contributed by atoms with E-state index in [4.69, 9.17) is 23.2 Å². The summed E-state index contributed by atoms with van der Waals surface area (Å²) in [6, 6.07) is 10.7. The van der Waals surface area contributed by atoms with Gasteiger partial charge in [0.2, 0.25) is 0 Å². The minimum atomic E-state index is -0.521. The molecule has 0 fully saturated rings. The van der Waals surface area contributed by atoms with Gasteiger partial charge in [0, 0.05) is 11.0 Å². The van der Waals surface area contributed by atoms with Crippen LogP contribution in [0.2, 0.25) is 10.0 Å². The number of halogens is 3. The van der Waals surface area contributed by atoms with Crippen molar-refractivity contribution in [2.24, 2.45) is 0 Å². The summed E-state index contributed by atoms with van der Waals surface area (Å²) in [6.07, 6.45) is 0. The molecular weight excluding hydrogens is 415 g/mol. The van der Waals surface area contributed by atoms with E-state index in [1.807, 2.05) is 30.1 Å². The third-order valence-corrected chi connectivity index (χ3v) is 5.14. The maximum Gasteiger partial charge on any atom is 0.300 e. The summed E-state index contributed by atoms with van der Waals surface area (Å²) in [5.74, 6) is -1.01. The van der Waals surface area contributed by atoms with Crippen LogP contribution in [0.5, 0.6) is 0 Å². The first-order chi connectivity index (χ1) is 11.4. The highest BCUT2D eigenvalue weighted by Crippen LogP contribution is 2.32. The summed E-state index contributed by atoms with van der Waals surface area (Å²) in [5.41, 5.74) is 1.90. The molecule has 0 aliphatic carbocycles. The zero-order valence-corrected chi connectivity index (χ0v) is 15.8. The number of rotatable bonds is 4. The molecule has 7 heteroatoms. The number of fused-ring (bicyclic) bond motifs is 1. The van der Waals surface area contributed by atoms with E-state index >= 15 is 0 Å². The lowest BCUT2D eigenvalue weighted by Crippen LogP contribution is -2.39. The van der Waals surface area contributed by atoms with E-state index < -0.39 is 11.7 Å². The van der Waals surface area contributed by atoms with Gasteiger partial charge >= 0.3 is 5.91 Å². The van der Waals surface area contributed by atoms with E-state index in [0.29, 0.717) is 27.8 Å². The van der Waals surface area contributed by atoms with Crippen LogP contribution in [0, 0.1) is 0 Å². The maximum atomic E-state index is 12.3. The number of nitrogens with zero attached hydrogens (tertiary/aromatic N) is 2. The van der Waals surface area contributed by atoms with Crippen LogP contribution in [0.3, 0.4) is 0 Å². The van der Waals surface area contributed by atoms with Crippen molar-refractivity contribution >= 4 is 56.5 Å². The largest absolute Gasteiger partial charge is 0.300 e. The van der Waals surface area contributed by atoms with E-state index in [1.54, 1.807) is 18.2 Å². The topological polar surface area (TPSA) is 40.6 Å². The molecular formula is C17H13BrCl2N2O2. The SMILES string of the molecule is CN(Cc1cccc(Cl)c1Cl)CN1C(=O)C(=O)c2cc(Br)ccc21. The quantitative estimate of drug-likeness (QED) is 0.680. The summed E-state index contributed by atoms with van der Waals surface area (Å²) >= 11 is 15.6. The van der Waals surface area contributed by atoms with Crippen LogP contribution in [0.4, 0.5) is 5.69 Å². The van der Waals surface area contributed by atoms with Crippen LogP contribution >= 0.6 is 39.1 Å². The van der Waals surface area contributed by atoms with Gasteiger partial charge in [-0.2, -0.15) is 0 Å². The van der Waals surface area contributed by atoms with E-state index in [9.17, 15) is 9.59 Å². The molecule has 1 amide bonds. The summed E-state index contributed by atoms with van der Waals surface area (Å²) < 4.78 is 0.767. The van der Waals surface area contributed by atoms with Gasteiger partial charge in [-0.25, -0.2) is 0 Å². The van der Waals surface area contributed by atoms with Crippen molar-refractivity contribution < 1.29 is 9.59 Å². The third kappa shape index (κ3) is 3.22. The van der Waals surface area contributed by atoms with Crippen LogP contribution in [0.25, 0.3) is 0 Å². The second-order valence-electron chi connectivity index (χ2n) is 5.59. The minimum Gasteiger partial charge on any atom is -0.291 e. The highest BCUT2D eigenvalue weighted by atomic mass is 79.9. The fraction of sp³-hybridized carbons (Fsp3) is 0.176. The number of Topliss-reactive ketones (excluding diaryl/α,β-unsaturated/α-hetero) is 1. The van der Waals surface area contributed by atoms with Gasteiger partial charge in [-0.05, 0) is 36.9 Å². The molecule has 0 unspecified atom stereocenters. The number of anilines is 1. The number of carbonyl (C=O) groups excluding carboxylic acids is 2. The van der Waals surface area contributed by atoms with Gasteiger partial charge in [0.15, 0.2) is 0 Å². The molecule has 124 valence electrons. The van der Waals surface area contributed by atoms with Gasteiger partial charge in [-0.1, -0.05) is 51.3 Å². The Morgan fingerprint density at radius 1 is 1.17 bits per heavy atom. The van der Waals surface area contributed by atoms with Crippen LogP contribution in [0.1, 0.15) is 15.9 Å². The molecule has 0 saturated heterocycles. The van der Waals surface area contributed by atoms with Gasteiger partial charge in [0.1, 0.15) is 0 Å². The van der Waals surface area contributed by atoms with Crippen LogP contribution in [0.15, 0.2) is 40.9 Å². The predicted octanol–water partition coefficient (Wildman–Crippen LogP) is 4.37. The number of ketones is 1. The molecule has 0 N–H and O–H groups in total. The molecule has 2 aromatic carbocycles. The Labute approximate surface area is 158 Å². The fourth-order valence-electron chi connectivity index (χ4n) is 2.67. The normalized spacial score (nSPS) is 13.8. The molecule has 4 nitrogen and oxygen atoms in total. The van der Waals surface area contributed by atoms with Crippen LogP contribution < -0.4 is 4.90 Å². The molecule has 2 aromatic rings. The number of carbonyl (C=O) groups is 2. The molecule has 0 bridgehead atoms. The highest BCUT2D eigenvalue weighted by Gasteiger charge is 2.36. The lowest BCUT2D eigenvalue weighted by Gasteiger charge is -2.24. The molecule has 1 aliphatic rings. The lowest BCUT2D eigenvalue weighted by atomic mass is 10.1. The van der Waals surface area contributed by atoms with Crippen molar-refractivity contribution in [1.82, 2.24) is 4.90 Å². The van der Waals surface area contributed by atoms with Crippen LogP contribution in [-0.2, 0) is 11.3 Å². The standard InChI is InChI=1S/C17H13BrCl2N2O2/c1-21(8-10-3-2-4-13(19)15(10)20)9-22-14-6-5-11(18)7-12(14)16(23)17(22)24/h2-7H,8-9H2,1H3. The Morgan fingerprint density at radius 2 is 1.92 bits per heavy atom. The average molecular weight is 428 g/mol. The van der Waals surface area contributed by atoms with Crippen molar-refractivity contribution in [1.29, 1.82) is 0 Å². The third-order valence-electron chi connectivity index (χ3n) is 3.79.